The van der Waals surface area contributed by atoms with Crippen LogP contribution in [0.4, 0.5) is 0 Å². The number of likely N-dealkylation sites (N-methyl/N-ethyl adjacent to an activating group) is 1. The van der Waals surface area contributed by atoms with E-state index in [4.69, 9.17) is 4.74 Å². The summed E-state index contributed by atoms with van der Waals surface area (Å²) in [5.41, 5.74) is 1.32. The highest BCUT2D eigenvalue weighted by Gasteiger charge is 2.17. The van der Waals surface area contributed by atoms with E-state index in [0.717, 1.165) is 31.7 Å². The van der Waals surface area contributed by atoms with E-state index in [1.165, 1.54) is 36.6 Å². The summed E-state index contributed by atoms with van der Waals surface area (Å²) >= 11 is 1.78. The van der Waals surface area contributed by atoms with Crippen molar-refractivity contribution in [2.75, 3.05) is 53.4 Å². The Labute approximate surface area is 161 Å². The van der Waals surface area contributed by atoms with Gasteiger partial charge in [-0.05, 0) is 50.1 Å². The molecule has 2 aromatic rings. The lowest BCUT2D eigenvalue weighted by Gasteiger charge is -2.32. The summed E-state index contributed by atoms with van der Waals surface area (Å²) in [5, 5.41) is 5.38. The van der Waals surface area contributed by atoms with Gasteiger partial charge in [0.05, 0.1) is 0 Å². The number of hydrogen-bond donors (Lipinski definition) is 1. The monoisotopic (exact) mass is 373 g/mol. The van der Waals surface area contributed by atoms with Crippen LogP contribution >= 0.6 is 11.3 Å². The van der Waals surface area contributed by atoms with Crippen LogP contribution in [0.2, 0.25) is 0 Å². The minimum atomic E-state index is 0.118. The molecule has 26 heavy (non-hydrogen) atoms. The van der Waals surface area contributed by atoms with Crippen molar-refractivity contribution < 1.29 is 4.74 Å². The molecule has 0 saturated carbocycles. The molecule has 1 aromatic carbocycles. The summed E-state index contributed by atoms with van der Waals surface area (Å²) < 4.78 is 6.49. The largest absolute Gasteiger partial charge is 0.485 e. The molecule has 1 unspecified atom stereocenters. The van der Waals surface area contributed by atoms with Crippen LogP contribution in [0.5, 0.6) is 5.75 Å². The Bertz CT molecular complexity index is 638. The molecule has 1 saturated heterocycles. The van der Waals surface area contributed by atoms with Crippen molar-refractivity contribution in [3.05, 3.63) is 52.2 Å². The summed E-state index contributed by atoms with van der Waals surface area (Å²) in [4.78, 5) is 6.27. The molecule has 1 fully saturated rings. The number of hydrogen-bond acceptors (Lipinski definition) is 5. The van der Waals surface area contributed by atoms with Crippen LogP contribution in [-0.2, 0) is 6.42 Å². The third kappa shape index (κ3) is 5.55. The maximum Gasteiger partial charge on any atom is 0.134 e. The van der Waals surface area contributed by atoms with Gasteiger partial charge in [-0.2, -0.15) is 0 Å². The zero-order valence-corrected chi connectivity index (χ0v) is 16.8. The fourth-order valence-corrected chi connectivity index (χ4v) is 4.13. The van der Waals surface area contributed by atoms with E-state index >= 15 is 0 Å². The Morgan fingerprint density at radius 1 is 1.12 bits per heavy atom. The van der Waals surface area contributed by atoms with Crippen LogP contribution in [0, 0.1) is 0 Å². The van der Waals surface area contributed by atoms with Crippen molar-refractivity contribution in [1.29, 1.82) is 0 Å². The van der Waals surface area contributed by atoms with E-state index in [9.17, 15) is 0 Å². The Morgan fingerprint density at radius 2 is 1.92 bits per heavy atom. The lowest BCUT2D eigenvalue weighted by atomic mass is 10.1. The van der Waals surface area contributed by atoms with Gasteiger partial charge in [0.15, 0.2) is 0 Å². The molecule has 1 atom stereocenters. The molecule has 1 aromatic heterocycles. The van der Waals surface area contributed by atoms with Gasteiger partial charge in [-0.1, -0.05) is 24.3 Å². The molecular weight excluding hydrogens is 342 g/mol. The van der Waals surface area contributed by atoms with Crippen molar-refractivity contribution in [1.82, 2.24) is 15.1 Å². The highest BCUT2D eigenvalue weighted by molar-refractivity contribution is 7.10. The molecule has 0 bridgehead atoms. The highest BCUT2D eigenvalue weighted by Crippen LogP contribution is 2.30. The number of benzene rings is 1. The van der Waals surface area contributed by atoms with Gasteiger partial charge in [0.25, 0.3) is 0 Å². The first-order chi connectivity index (χ1) is 12.8. The first kappa shape index (κ1) is 19.4. The fourth-order valence-electron chi connectivity index (χ4n) is 3.34. The van der Waals surface area contributed by atoms with Gasteiger partial charge >= 0.3 is 0 Å². The smallest absolute Gasteiger partial charge is 0.134 e. The highest BCUT2D eigenvalue weighted by atomic mass is 32.1. The molecule has 2 heterocycles. The summed E-state index contributed by atoms with van der Waals surface area (Å²) in [6.45, 7) is 6.73. The van der Waals surface area contributed by atoms with E-state index < -0.39 is 0 Å². The number of para-hydroxylation sites is 1. The maximum absolute atomic E-state index is 6.49. The van der Waals surface area contributed by atoms with Crippen LogP contribution in [-0.4, -0.2) is 63.2 Å². The van der Waals surface area contributed by atoms with E-state index in [0.29, 0.717) is 0 Å². The van der Waals surface area contributed by atoms with Gasteiger partial charge in [-0.3, -0.25) is 0 Å². The summed E-state index contributed by atoms with van der Waals surface area (Å²) in [6.07, 6.45) is 2.14. The van der Waals surface area contributed by atoms with E-state index in [2.05, 4.69) is 63.9 Å². The number of nitrogens with one attached hydrogen (secondary N) is 1. The van der Waals surface area contributed by atoms with Crippen molar-refractivity contribution in [2.24, 2.45) is 0 Å². The third-order valence-electron chi connectivity index (χ3n) is 5.05. The van der Waals surface area contributed by atoms with Crippen LogP contribution in [0.3, 0.4) is 0 Å². The van der Waals surface area contributed by atoms with Crippen molar-refractivity contribution in [3.63, 3.8) is 0 Å². The normalized spacial score (nSPS) is 17.3. The van der Waals surface area contributed by atoms with Gasteiger partial charge in [0, 0.05) is 44.0 Å². The minimum Gasteiger partial charge on any atom is -0.485 e. The van der Waals surface area contributed by atoms with Crippen LogP contribution in [0.1, 0.15) is 23.0 Å². The van der Waals surface area contributed by atoms with Crippen molar-refractivity contribution in [3.8, 4) is 5.75 Å². The van der Waals surface area contributed by atoms with Gasteiger partial charge in [-0.25, -0.2) is 0 Å². The first-order valence-electron chi connectivity index (χ1n) is 9.59. The van der Waals surface area contributed by atoms with Gasteiger partial charge < -0.3 is 19.9 Å². The van der Waals surface area contributed by atoms with E-state index in [1.807, 2.05) is 7.05 Å². The predicted molar refractivity (Wildman–Crippen MR) is 110 cm³/mol. The van der Waals surface area contributed by atoms with Crippen LogP contribution < -0.4 is 10.1 Å². The Kier molecular flexibility index (Phi) is 7.50. The molecule has 0 aliphatic carbocycles. The zero-order chi connectivity index (χ0) is 18.2. The molecule has 3 rings (SSSR count). The van der Waals surface area contributed by atoms with Crippen LogP contribution in [0.15, 0.2) is 41.8 Å². The Balaban J connectivity index is 1.63. The molecule has 4 nitrogen and oxygen atoms in total. The van der Waals surface area contributed by atoms with Gasteiger partial charge in [0.1, 0.15) is 11.9 Å². The van der Waals surface area contributed by atoms with Gasteiger partial charge in [-0.15, -0.1) is 11.3 Å². The SMILES string of the molecule is CNCCC(Oc1ccccc1CCN1CCN(C)CC1)c1cccs1. The number of ether oxygens (including phenoxy) is 1. The van der Waals surface area contributed by atoms with Crippen molar-refractivity contribution in [2.45, 2.75) is 18.9 Å². The fraction of sp³-hybridized carbons (Fsp3) is 0.524. The second-order valence-electron chi connectivity index (χ2n) is 7.02. The van der Waals surface area contributed by atoms with E-state index in [1.54, 1.807) is 11.3 Å². The molecule has 5 heteroatoms. The van der Waals surface area contributed by atoms with Crippen LogP contribution in [0.25, 0.3) is 0 Å². The second kappa shape index (κ2) is 10.1. The molecule has 1 N–H and O–H groups in total. The first-order valence-corrected chi connectivity index (χ1v) is 10.5. The second-order valence-corrected chi connectivity index (χ2v) is 8.00. The Morgan fingerprint density at radius 3 is 2.65 bits per heavy atom. The number of nitrogens with zero attached hydrogens (tertiary/aromatic N) is 2. The summed E-state index contributed by atoms with van der Waals surface area (Å²) in [5.74, 6) is 1.04. The third-order valence-corrected chi connectivity index (χ3v) is 6.02. The average Bonchev–Trinajstić information content (AvgIpc) is 3.20. The topological polar surface area (TPSA) is 27.7 Å². The molecule has 1 aliphatic heterocycles. The lowest BCUT2D eigenvalue weighted by Crippen LogP contribution is -2.45. The lowest BCUT2D eigenvalue weighted by molar-refractivity contribution is 0.154. The average molecular weight is 374 g/mol. The zero-order valence-electron chi connectivity index (χ0n) is 16.0. The summed E-state index contributed by atoms with van der Waals surface area (Å²) in [7, 11) is 4.20. The van der Waals surface area contributed by atoms with Gasteiger partial charge in [0.2, 0.25) is 0 Å². The van der Waals surface area contributed by atoms with E-state index in [-0.39, 0.29) is 6.10 Å². The number of piperazine rings is 1. The van der Waals surface area contributed by atoms with Crippen molar-refractivity contribution >= 4 is 11.3 Å². The molecule has 0 spiro atoms. The molecule has 0 amide bonds. The maximum atomic E-state index is 6.49. The summed E-state index contributed by atoms with van der Waals surface area (Å²) in [6, 6.07) is 12.8. The minimum absolute atomic E-state index is 0.118. The standard InChI is InChI=1S/C21H31N3OS/c1-22-11-9-20(21-8-5-17-26-21)25-19-7-4-3-6-18(19)10-12-24-15-13-23(2)14-16-24/h3-8,17,20,22H,9-16H2,1-2H3. The molecule has 142 valence electrons. The molecular formula is C21H31N3OS. The number of rotatable bonds is 9. The predicted octanol–water partition coefficient (Wildman–Crippen LogP) is 3.27. The Hall–Kier alpha value is -1.40. The number of thiophene rings is 1. The molecule has 1 aliphatic rings. The molecule has 0 radical (unpaired) electrons. The quantitative estimate of drug-likeness (QED) is 0.730.